The summed E-state index contributed by atoms with van der Waals surface area (Å²) in [6.45, 7) is -1.04. The largest absolute Gasteiger partial charge is 0.394 e. The molecule has 230 valence electrons. The van der Waals surface area contributed by atoms with E-state index in [1.165, 1.54) is 24.3 Å². The Morgan fingerprint density at radius 2 is 0.976 bits per heavy atom. The molecule has 0 aromatic heterocycles. The minimum atomic E-state index is -1.56. The summed E-state index contributed by atoms with van der Waals surface area (Å²) in [6, 6.07) is 12.2. The molecule has 2 aliphatic heterocycles. The molecule has 4 rings (SSSR count). The van der Waals surface area contributed by atoms with Crippen LogP contribution in [0, 0.1) is 0 Å². The first-order valence-electron chi connectivity index (χ1n) is 13.4. The Hall–Kier alpha value is -3.02. The number of benzene rings is 2. The molecule has 0 spiro atoms. The van der Waals surface area contributed by atoms with E-state index in [0.29, 0.717) is 11.1 Å². The van der Waals surface area contributed by atoms with Crippen molar-refractivity contribution in [1.82, 2.24) is 10.6 Å². The zero-order valence-electron chi connectivity index (χ0n) is 22.4. The third-order valence-electron chi connectivity index (χ3n) is 7.44. The third-order valence-corrected chi connectivity index (χ3v) is 7.44. The third kappa shape index (κ3) is 6.79. The van der Waals surface area contributed by atoms with Crippen LogP contribution in [-0.2, 0) is 9.47 Å². The lowest BCUT2D eigenvalue weighted by atomic mass is 9.90. The van der Waals surface area contributed by atoms with Crippen LogP contribution < -0.4 is 10.6 Å². The average molecular weight is 593 g/mol. The van der Waals surface area contributed by atoms with Crippen LogP contribution in [0.15, 0.2) is 48.5 Å². The van der Waals surface area contributed by atoms with Crippen LogP contribution >= 0.6 is 0 Å². The molecule has 0 aliphatic carbocycles. The van der Waals surface area contributed by atoms with Crippen LogP contribution in [0.25, 0.3) is 0 Å². The van der Waals surface area contributed by atoms with E-state index in [0.717, 1.165) is 0 Å². The zero-order valence-corrected chi connectivity index (χ0v) is 22.4. The van der Waals surface area contributed by atoms with Gasteiger partial charge in [-0.1, -0.05) is 24.3 Å². The number of rotatable bonds is 9. The van der Waals surface area contributed by atoms with Crippen LogP contribution in [0.5, 0.6) is 0 Å². The molecule has 14 nitrogen and oxygen atoms in total. The molecule has 2 fully saturated rings. The Bertz CT molecular complexity index is 1130. The second-order valence-electron chi connectivity index (χ2n) is 10.3. The Labute approximate surface area is 240 Å². The van der Waals surface area contributed by atoms with Crippen LogP contribution in [0.1, 0.15) is 44.1 Å². The lowest BCUT2D eigenvalue weighted by molar-refractivity contribution is -0.231. The van der Waals surface area contributed by atoms with E-state index < -0.39 is 86.1 Å². The summed E-state index contributed by atoms with van der Waals surface area (Å²) in [5, 5.41) is 85.0. The molecule has 2 amide bonds. The van der Waals surface area contributed by atoms with E-state index in [4.69, 9.17) is 9.47 Å². The van der Waals surface area contributed by atoms with Gasteiger partial charge in [0.15, 0.2) is 0 Å². The Kier molecular flexibility index (Phi) is 10.6. The molecule has 2 aromatic rings. The van der Waals surface area contributed by atoms with E-state index in [9.17, 15) is 50.4 Å². The van der Waals surface area contributed by atoms with Crippen LogP contribution in [0.2, 0.25) is 0 Å². The van der Waals surface area contributed by atoms with Gasteiger partial charge < -0.3 is 61.0 Å². The minimum absolute atomic E-state index is 0.0568. The fraction of sp³-hybridized carbons (Fsp3) is 0.500. The lowest BCUT2D eigenvalue weighted by Crippen LogP contribution is -2.55. The number of hydrogen-bond donors (Lipinski definition) is 10. The topological polar surface area (TPSA) is 238 Å². The maximum Gasteiger partial charge on any atom is 0.251 e. The molecule has 0 bridgehead atoms. The number of hydrogen-bond acceptors (Lipinski definition) is 12. The quantitative estimate of drug-likeness (QED) is 0.130. The van der Waals surface area contributed by atoms with Crippen LogP contribution in [-0.4, -0.2) is 128 Å². The van der Waals surface area contributed by atoms with Crippen molar-refractivity contribution in [3.63, 3.8) is 0 Å². The molecule has 0 saturated carbocycles. The minimum Gasteiger partial charge on any atom is -0.394 e. The van der Waals surface area contributed by atoms with Gasteiger partial charge in [0, 0.05) is 24.2 Å². The summed E-state index contributed by atoms with van der Waals surface area (Å²) >= 11 is 0. The van der Waals surface area contributed by atoms with Gasteiger partial charge in [0.1, 0.15) is 61.0 Å². The first-order valence-corrected chi connectivity index (χ1v) is 13.4. The number of amides is 2. The zero-order chi connectivity index (χ0) is 30.6. The van der Waals surface area contributed by atoms with E-state index in [1.54, 1.807) is 24.3 Å². The van der Waals surface area contributed by atoms with Crippen molar-refractivity contribution in [2.75, 3.05) is 26.3 Å². The summed E-state index contributed by atoms with van der Waals surface area (Å²) in [6.07, 6.45) is -13.5. The number of aliphatic hydroxyl groups is 8. The highest BCUT2D eigenvalue weighted by Crippen LogP contribution is 2.34. The Morgan fingerprint density at radius 3 is 1.33 bits per heavy atom. The predicted molar refractivity (Wildman–Crippen MR) is 143 cm³/mol. The Morgan fingerprint density at radius 1 is 0.595 bits per heavy atom. The maximum absolute atomic E-state index is 12.7. The summed E-state index contributed by atoms with van der Waals surface area (Å²) in [4.78, 5) is 25.4. The highest BCUT2D eigenvalue weighted by atomic mass is 16.6. The molecule has 10 N–H and O–H groups in total. The number of carbonyl (C=O) groups is 2. The van der Waals surface area contributed by atoms with Gasteiger partial charge in [-0.15, -0.1) is 0 Å². The van der Waals surface area contributed by atoms with Crippen LogP contribution in [0.4, 0.5) is 0 Å². The first kappa shape index (κ1) is 31.9. The van der Waals surface area contributed by atoms with Crippen molar-refractivity contribution >= 4 is 11.8 Å². The summed E-state index contributed by atoms with van der Waals surface area (Å²) < 4.78 is 11.1. The van der Waals surface area contributed by atoms with E-state index in [2.05, 4.69) is 10.6 Å². The normalized spacial score (nSPS) is 33.1. The lowest BCUT2D eigenvalue weighted by Gasteiger charge is -2.40. The molecule has 2 aromatic carbocycles. The maximum atomic E-state index is 12.7. The first-order chi connectivity index (χ1) is 20.1. The SMILES string of the molecule is O=C(NCCNC(=O)c1cccc([C@H]2O[C@H](CO)[C@@H](O)[C@H](O)[C@@H]2O)c1)c1cccc([C@H]2O[C@H](CO)[C@@H](O)[C@H](O)[C@H]2O)c1. The molecule has 42 heavy (non-hydrogen) atoms. The van der Waals surface area contributed by atoms with Crippen LogP contribution in [0.3, 0.4) is 0 Å². The Balaban J connectivity index is 1.31. The van der Waals surface area contributed by atoms with E-state index in [-0.39, 0.29) is 24.2 Å². The van der Waals surface area contributed by atoms with Gasteiger partial charge in [0.25, 0.3) is 11.8 Å². The van der Waals surface area contributed by atoms with E-state index in [1.807, 2.05) is 0 Å². The van der Waals surface area contributed by atoms with Gasteiger partial charge in [0.05, 0.1) is 13.2 Å². The number of ether oxygens (including phenoxy) is 2. The predicted octanol–water partition coefficient (Wildman–Crippen LogP) is -3.12. The average Bonchev–Trinajstić information content (AvgIpc) is 3.01. The second-order valence-corrected chi connectivity index (χ2v) is 10.3. The standard InChI is InChI=1S/C28H36N2O12/c31-11-17-19(33)21(35)23(37)25(41-17)13-3-1-5-15(9-13)27(39)29-7-8-30-28(40)16-6-2-4-14(10-16)26-24(38)22(36)20(34)18(12-32)42-26/h1-6,9-10,17-26,31-38H,7-8,11-12H2,(H,29,39)(H,30,40)/t17-,18-,19-,20-,21+,22+,23-,24+,25-,26-/m1/s1. The van der Waals surface area contributed by atoms with Crippen molar-refractivity contribution in [2.45, 2.75) is 61.0 Å². The van der Waals surface area contributed by atoms with E-state index >= 15 is 0 Å². The smallest absolute Gasteiger partial charge is 0.251 e. The fourth-order valence-electron chi connectivity index (χ4n) is 5.02. The monoisotopic (exact) mass is 592 g/mol. The molecular formula is C28H36N2O12. The van der Waals surface area contributed by atoms with Gasteiger partial charge in [0.2, 0.25) is 0 Å². The molecule has 0 radical (unpaired) electrons. The number of carbonyl (C=O) groups excluding carboxylic acids is 2. The number of nitrogens with one attached hydrogen (secondary N) is 2. The van der Waals surface area contributed by atoms with Gasteiger partial charge in [-0.3, -0.25) is 9.59 Å². The molecule has 2 aliphatic rings. The van der Waals surface area contributed by atoms with Gasteiger partial charge in [-0.05, 0) is 35.4 Å². The van der Waals surface area contributed by atoms with Crippen molar-refractivity contribution in [2.24, 2.45) is 0 Å². The van der Waals surface area contributed by atoms with Crippen molar-refractivity contribution in [3.05, 3.63) is 70.8 Å². The van der Waals surface area contributed by atoms with Crippen molar-refractivity contribution in [3.8, 4) is 0 Å². The van der Waals surface area contributed by atoms with Crippen molar-refractivity contribution < 1.29 is 59.9 Å². The van der Waals surface area contributed by atoms with Gasteiger partial charge in [-0.25, -0.2) is 0 Å². The van der Waals surface area contributed by atoms with Gasteiger partial charge in [-0.2, -0.15) is 0 Å². The summed E-state index contributed by atoms with van der Waals surface area (Å²) in [7, 11) is 0. The van der Waals surface area contributed by atoms with Crippen molar-refractivity contribution in [1.29, 1.82) is 0 Å². The fourth-order valence-corrected chi connectivity index (χ4v) is 5.02. The summed E-state index contributed by atoms with van der Waals surface area (Å²) in [5.74, 6) is -0.972. The molecule has 2 saturated heterocycles. The highest BCUT2D eigenvalue weighted by molar-refractivity contribution is 5.95. The molecule has 2 heterocycles. The van der Waals surface area contributed by atoms with Gasteiger partial charge >= 0.3 is 0 Å². The molecular weight excluding hydrogens is 556 g/mol. The molecule has 10 atom stereocenters. The second kappa shape index (κ2) is 14.0. The molecule has 0 unspecified atom stereocenters. The summed E-state index contributed by atoms with van der Waals surface area (Å²) in [5.41, 5.74) is 1.13. The highest BCUT2D eigenvalue weighted by Gasteiger charge is 2.45. The molecule has 14 heteroatoms. The number of aliphatic hydroxyl groups excluding tert-OH is 8.